The molecule has 0 aliphatic carbocycles. The number of thiophene rings is 1. The Balaban J connectivity index is 0.00000243. The van der Waals surface area contributed by atoms with Gasteiger partial charge in [0.15, 0.2) is 0 Å². The number of benzene rings is 1. The van der Waals surface area contributed by atoms with E-state index in [4.69, 9.17) is 4.74 Å². The zero-order chi connectivity index (χ0) is 17.8. The number of hydrogen-bond donors (Lipinski definition) is 2. The maximum absolute atomic E-state index is 12.6. The van der Waals surface area contributed by atoms with Crippen molar-refractivity contribution in [1.82, 2.24) is 10.2 Å². The Morgan fingerprint density at radius 2 is 1.96 bits per heavy atom. The molecule has 2 N–H and O–H groups in total. The summed E-state index contributed by atoms with van der Waals surface area (Å²) in [7, 11) is 1.58. The number of methoxy groups -OCH3 is 1. The van der Waals surface area contributed by atoms with Crippen LogP contribution in [0.3, 0.4) is 0 Å². The first-order chi connectivity index (χ1) is 12.1. The van der Waals surface area contributed by atoms with E-state index in [1.54, 1.807) is 43.5 Å². The molecule has 3 rings (SSSR count). The fourth-order valence-electron chi connectivity index (χ4n) is 2.73. The number of carbonyl (C=O) groups excluding carboxylic acids is 2. The van der Waals surface area contributed by atoms with E-state index in [0.29, 0.717) is 27.7 Å². The second kappa shape index (κ2) is 9.02. The molecule has 8 heteroatoms. The summed E-state index contributed by atoms with van der Waals surface area (Å²) in [6.07, 6.45) is 0. The first-order valence-electron chi connectivity index (χ1n) is 8.15. The normalized spacial score (nSPS) is 16.5. The van der Waals surface area contributed by atoms with E-state index in [-0.39, 0.29) is 30.3 Å². The summed E-state index contributed by atoms with van der Waals surface area (Å²) in [6, 6.07) is 10.6. The average Bonchev–Trinajstić information content (AvgIpc) is 3.10. The van der Waals surface area contributed by atoms with Gasteiger partial charge in [0.1, 0.15) is 5.75 Å². The van der Waals surface area contributed by atoms with E-state index in [0.717, 1.165) is 13.1 Å². The van der Waals surface area contributed by atoms with Crippen LogP contribution in [0.4, 0.5) is 5.00 Å². The minimum atomic E-state index is -0.209. The van der Waals surface area contributed by atoms with Crippen LogP contribution in [-0.4, -0.2) is 49.5 Å². The maximum Gasteiger partial charge on any atom is 0.264 e. The summed E-state index contributed by atoms with van der Waals surface area (Å²) in [5, 5.41) is 6.77. The fraction of sp³-hybridized carbons (Fsp3) is 0.333. The highest BCUT2D eigenvalue weighted by molar-refractivity contribution is 7.18. The maximum atomic E-state index is 12.6. The Labute approximate surface area is 162 Å². The highest BCUT2D eigenvalue weighted by Gasteiger charge is 2.25. The van der Waals surface area contributed by atoms with Crippen molar-refractivity contribution in [1.29, 1.82) is 0 Å². The molecule has 1 saturated heterocycles. The number of rotatable bonds is 4. The van der Waals surface area contributed by atoms with Gasteiger partial charge in [-0.3, -0.25) is 9.59 Å². The molecule has 0 spiro atoms. The zero-order valence-corrected chi connectivity index (χ0v) is 16.3. The van der Waals surface area contributed by atoms with Crippen LogP contribution < -0.4 is 15.4 Å². The molecule has 26 heavy (non-hydrogen) atoms. The number of hydrogen-bond acceptors (Lipinski definition) is 5. The number of nitrogens with zero attached hydrogens (tertiary/aromatic N) is 1. The van der Waals surface area contributed by atoms with E-state index < -0.39 is 0 Å². The minimum Gasteiger partial charge on any atom is -0.497 e. The number of piperazine rings is 1. The van der Waals surface area contributed by atoms with Crippen molar-refractivity contribution in [3.05, 3.63) is 46.8 Å². The topological polar surface area (TPSA) is 70.7 Å². The average molecular weight is 396 g/mol. The fourth-order valence-corrected chi connectivity index (χ4v) is 3.59. The van der Waals surface area contributed by atoms with Crippen molar-refractivity contribution in [3.8, 4) is 5.75 Å². The van der Waals surface area contributed by atoms with Crippen LogP contribution in [0, 0.1) is 0 Å². The molecular formula is C18H22ClN3O3S. The van der Waals surface area contributed by atoms with Gasteiger partial charge < -0.3 is 20.3 Å². The number of nitrogens with one attached hydrogen (secondary N) is 2. The van der Waals surface area contributed by atoms with Gasteiger partial charge in [0, 0.05) is 31.2 Å². The lowest BCUT2D eigenvalue weighted by Crippen LogP contribution is -2.52. The van der Waals surface area contributed by atoms with E-state index in [1.807, 2.05) is 11.8 Å². The lowest BCUT2D eigenvalue weighted by molar-refractivity contribution is 0.0660. The van der Waals surface area contributed by atoms with Crippen molar-refractivity contribution >= 4 is 40.6 Å². The van der Waals surface area contributed by atoms with E-state index >= 15 is 0 Å². The summed E-state index contributed by atoms with van der Waals surface area (Å²) in [6.45, 7) is 4.34. The van der Waals surface area contributed by atoms with Gasteiger partial charge in [0.25, 0.3) is 11.8 Å². The molecule has 0 saturated carbocycles. The van der Waals surface area contributed by atoms with Gasteiger partial charge in [-0.25, -0.2) is 0 Å². The number of anilines is 1. The van der Waals surface area contributed by atoms with Crippen molar-refractivity contribution in [2.75, 3.05) is 32.1 Å². The van der Waals surface area contributed by atoms with Crippen LogP contribution in [0.2, 0.25) is 0 Å². The molecular weight excluding hydrogens is 374 g/mol. The molecule has 2 amide bonds. The van der Waals surface area contributed by atoms with Gasteiger partial charge in [-0.1, -0.05) is 0 Å². The van der Waals surface area contributed by atoms with Crippen LogP contribution in [0.1, 0.15) is 27.0 Å². The summed E-state index contributed by atoms with van der Waals surface area (Å²) < 4.78 is 5.09. The highest BCUT2D eigenvalue weighted by Crippen LogP contribution is 2.25. The minimum absolute atomic E-state index is 0. The molecule has 0 radical (unpaired) electrons. The second-order valence-corrected chi connectivity index (χ2v) is 6.98. The summed E-state index contributed by atoms with van der Waals surface area (Å²) in [5.41, 5.74) is 0.540. The third-order valence-corrected chi connectivity index (χ3v) is 5.16. The second-order valence-electron chi connectivity index (χ2n) is 5.90. The van der Waals surface area contributed by atoms with E-state index in [9.17, 15) is 9.59 Å². The number of ether oxygens (including phenoxy) is 1. The Bertz CT molecular complexity index is 763. The molecule has 6 nitrogen and oxygen atoms in total. The Morgan fingerprint density at radius 1 is 1.23 bits per heavy atom. The van der Waals surface area contributed by atoms with Gasteiger partial charge in [-0.15, -0.1) is 23.7 Å². The lowest BCUT2D eigenvalue weighted by Gasteiger charge is -2.33. The van der Waals surface area contributed by atoms with Crippen molar-refractivity contribution in [2.24, 2.45) is 0 Å². The van der Waals surface area contributed by atoms with E-state index in [2.05, 4.69) is 10.6 Å². The predicted molar refractivity (Wildman–Crippen MR) is 106 cm³/mol. The Kier molecular flexibility index (Phi) is 7.02. The molecule has 0 unspecified atom stereocenters. The molecule has 140 valence electrons. The van der Waals surface area contributed by atoms with Gasteiger partial charge in [0.2, 0.25) is 0 Å². The van der Waals surface area contributed by atoms with Crippen molar-refractivity contribution in [3.63, 3.8) is 0 Å². The van der Waals surface area contributed by atoms with Crippen LogP contribution in [-0.2, 0) is 0 Å². The van der Waals surface area contributed by atoms with Crippen LogP contribution in [0.5, 0.6) is 5.75 Å². The molecule has 1 fully saturated rings. The van der Waals surface area contributed by atoms with Crippen LogP contribution in [0.15, 0.2) is 36.4 Å². The smallest absolute Gasteiger partial charge is 0.264 e. The van der Waals surface area contributed by atoms with Crippen molar-refractivity contribution < 1.29 is 14.3 Å². The van der Waals surface area contributed by atoms with Gasteiger partial charge in [-0.05, 0) is 43.3 Å². The molecule has 0 bridgehead atoms. The number of halogens is 1. The largest absolute Gasteiger partial charge is 0.497 e. The lowest BCUT2D eigenvalue weighted by atomic mass is 10.2. The summed E-state index contributed by atoms with van der Waals surface area (Å²) in [5.74, 6) is 0.508. The first-order valence-corrected chi connectivity index (χ1v) is 8.97. The predicted octanol–water partition coefficient (Wildman–Crippen LogP) is 2.86. The summed E-state index contributed by atoms with van der Waals surface area (Å²) in [4.78, 5) is 27.4. The molecule has 1 aliphatic rings. The van der Waals surface area contributed by atoms with Crippen molar-refractivity contribution in [2.45, 2.75) is 13.0 Å². The highest BCUT2D eigenvalue weighted by atomic mass is 35.5. The summed E-state index contributed by atoms with van der Waals surface area (Å²) >= 11 is 1.30. The molecule has 1 aromatic carbocycles. The zero-order valence-electron chi connectivity index (χ0n) is 14.7. The molecule has 1 aliphatic heterocycles. The molecule has 2 aromatic rings. The molecule has 1 atom stereocenters. The Morgan fingerprint density at radius 3 is 2.62 bits per heavy atom. The first kappa shape index (κ1) is 20.2. The molecule has 2 heterocycles. The third-order valence-electron chi connectivity index (χ3n) is 4.17. The quantitative estimate of drug-likeness (QED) is 0.835. The van der Waals surface area contributed by atoms with Crippen LogP contribution >= 0.6 is 23.7 Å². The Hall–Kier alpha value is -2.09. The van der Waals surface area contributed by atoms with Gasteiger partial charge >= 0.3 is 0 Å². The third kappa shape index (κ3) is 4.55. The standard InChI is InChI=1S/C18H21N3O3S.ClH/c1-12-11-19-9-10-21(12)18(23)15-7-8-16(25-15)20-17(22)13-3-5-14(24-2)6-4-13;/h3-8,12,19H,9-11H2,1-2H3,(H,20,22);1H/t12-;/m1./s1. The van der Waals surface area contributed by atoms with Gasteiger partial charge in [0.05, 0.1) is 17.0 Å². The molecule has 1 aromatic heterocycles. The SMILES string of the molecule is COc1ccc(C(=O)Nc2ccc(C(=O)N3CCNC[C@H]3C)s2)cc1.Cl. The number of carbonyl (C=O) groups is 2. The van der Waals surface area contributed by atoms with E-state index in [1.165, 1.54) is 11.3 Å². The van der Waals surface area contributed by atoms with Crippen LogP contribution in [0.25, 0.3) is 0 Å². The number of amides is 2. The monoisotopic (exact) mass is 395 g/mol. The van der Waals surface area contributed by atoms with Gasteiger partial charge in [-0.2, -0.15) is 0 Å².